The lowest BCUT2D eigenvalue weighted by atomic mass is 10.2. The first-order valence-electron chi connectivity index (χ1n) is 6.31. The fourth-order valence-corrected chi connectivity index (χ4v) is 1.87. The highest BCUT2D eigenvalue weighted by molar-refractivity contribution is 5.30. The monoisotopic (exact) mass is 244 g/mol. The SMILES string of the molecule is Cc1ccncc1CNc1nccn1CC(C)C. The molecule has 0 saturated carbocycles. The highest BCUT2D eigenvalue weighted by atomic mass is 15.2. The third-order valence-electron chi connectivity index (χ3n) is 2.86. The maximum absolute atomic E-state index is 4.35. The minimum Gasteiger partial charge on any atom is -0.352 e. The van der Waals surface area contributed by atoms with Crippen molar-refractivity contribution in [3.05, 3.63) is 42.0 Å². The lowest BCUT2D eigenvalue weighted by Crippen LogP contribution is -2.10. The highest BCUT2D eigenvalue weighted by Gasteiger charge is 2.05. The van der Waals surface area contributed by atoms with Gasteiger partial charge in [0.15, 0.2) is 0 Å². The molecule has 0 spiro atoms. The highest BCUT2D eigenvalue weighted by Crippen LogP contribution is 2.11. The zero-order valence-corrected chi connectivity index (χ0v) is 11.2. The van der Waals surface area contributed by atoms with Gasteiger partial charge in [0.2, 0.25) is 5.95 Å². The molecule has 2 rings (SSSR count). The van der Waals surface area contributed by atoms with Crippen LogP contribution in [0.2, 0.25) is 0 Å². The van der Waals surface area contributed by atoms with E-state index in [1.54, 1.807) is 0 Å². The van der Waals surface area contributed by atoms with Gasteiger partial charge in [0.1, 0.15) is 0 Å². The molecule has 0 unspecified atom stereocenters. The zero-order valence-electron chi connectivity index (χ0n) is 11.2. The van der Waals surface area contributed by atoms with Gasteiger partial charge in [0.25, 0.3) is 0 Å². The molecular weight excluding hydrogens is 224 g/mol. The molecule has 2 heterocycles. The Kier molecular flexibility index (Phi) is 3.97. The number of aryl methyl sites for hydroxylation is 1. The first-order chi connectivity index (χ1) is 8.66. The van der Waals surface area contributed by atoms with Crippen molar-refractivity contribution in [1.29, 1.82) is 0 Å². The summed E-state index contributed by atoms with van der Waals surface area (Å²) < 4.78 is 2.15. The largest absolute Gasteiger partial charge is 0.352 e. The molecule has 0 amide bonds. The second-order valence-corrected chi connectivity index (χ2v) is 4.95. The minimum atomic E-state index is 0.611. The van der Waals surface area contributed by atoms with E-state index in [0.29, 0.717) is 5.92 Å². The van der Waals surface area contributed by atoms with Gasteiger partial charge < -0.3 is 9.88 Å². The van der Waals surface area contributed by atoms with E-state index >= 15 is 0 Å². The lowest BCUT2D eigenvalue weighted by molar-refractivity contribution is 0.526. The molecule has 0 aliphatic rings. The molecule has 0 aliphatic heterocycles. The third-order valence-corrected chi connectivity index (χ3v) is 2.86. The van der Waals surface area contributed by atoms with Crippen molar-refractivity contribution in [2.45, 2.75) is 33.9 Å². The summed E-state index contributed by atoms with van der Waals surface area (Å²) in [7, 11) is 0. The number of hydrogen-bond donors (Lipinski definition) is 1. The fourth-order valence-electron chi connectivity index (χ4n) is 1.87. The Bertz CT molecular complexity index is 502. The van der Waals surface area contributed by atoms with Gasteiger partial charge in [-0.3, -0.25) is 4.98 Å². The summed E-state index contributed by atoms with van der Waals surface area (Å²) in [6.45, 7) is 8.24. The topological polar surface area (TPSA) is 42.7 Å². The van der Waals surface area contributed by atoms with Gasteiger partial charge in [-0.05, 0) is 30.0 Å². The smallest absolute Gasteiger partial charge is 0.203 e. The first kappa shape index (κ1) is 12.6. The van der Waals surface area contributed by atoms with Crippen molar-refractivity contribution in [2.75, 3.05) is 5.32 Å². The average molecular weight is 244 g/mol. The molecule has 1 N–H and O–H groups in total. The summed E-state index contributed by atoms with van der Waals surface area (Å²) >= 11 is 0. The van der Waals surface area contributed by atoms with Crippen LogP contribution in [-0.4, -0.2) is 14.5 Å². The van der Waals surface area contributed by atoms with Crippen LogP contribution in [0.4, 0.5) is 5.95 Å². The standard InChI is InChI=1S/C14H20N4/c1-11(2)10-18-7-6-16-14(18)17-9-13-8-15-5-4-12(13)3/h4-8,11H,9-10H2,1-3H3,(H,16,17). The van der Waals surface area contributed by atoms with Gasteiger partial charge in [-0.1, -0.05) is 13.8 Å². The van der Waals surface area contributed by atoms with E-state index < -0.39 is 0 Å². The Labute approximate surface area is 108 Å². The molecule has 4 nitrogen and oxygen atoms in total. The van der Waals surface area contributed by atoms with Crippen molar-refractivity contribution < 1.29 is 0 Å². The maximum atomic E-state index is 4.35. The van der Waals surface area contributed by atoms with Crippen LogP contribution in [0.15, 0.2) is 30.9 Å². The van der Waals surface area contributed by atoms with Gasteiger partial charge in [0.05, 0.1) is 0 Å². The van der Waals surface area contributed by atoms with Crippen LogP contribution < -0.4 is 5.32 Å². The Morgan fingerprint density at radius 2 is 2.17 bits per heavy atom. The van der Waals surface area contributed by atoms with Crippen LogP contribution in [-0.2, 0) is 13.1 Å². The Hall–Kier alpha value is -1.84. The van der Waals surface area contributed by atoms with Crippen LogP contribution in [0, 0.1) is 12.8 Å². The number of aromatic nitrogens is 3. The average Bonchev–Trinajstić information content (AvgIpc) is 2.75. The van der Waals surface area contributed by atoms with E-state index in [2.05, 4.69) is 40.6 Å². The number of rotatable bonds is 5. The molecule has 0 saturated heterocycles. The Balaban J connectivity index is 2.02. The fraction of sp³-hybridized carbons (Fsp3) is 0.429. The summed E-state index contributed by atoms with van der Waals surface area (Å²) in [5, 5.41) is 3.37. The summed E-state index contributed by atoms with van der Waals surface area (Å²) in [5.74, 6) is 1.53. The molecule has 0 radical (unpaired) electrons. The van der Waals surface area contributed by atoms with Gasteiger partial charge >= 0.3 is 0 Å². The molecule has 0 aliphatic carbocycles. The Morgan fingerprint density at radius 3 is 2.89 bits per heavy atom. The van der Waals surface area contributed by atoms with Crippen LogP contribution in [0.1, 0.15) is 25.0 Å². The molecule has 96 valence electrons. The second-order valence-electron chi connectivity index (χ2n) is 4.95. The number of pyridine rings is 1. The molecular formula is C14H20N4. The van der Waals surface area contributed by atoms with Crippen molar-refractivity contribution in [1.82, 2.24) is 14.5 Å². The quantitative estimate of drug-likeness (QED) is 0.879. The lowest BCUT2D eigenvalue weighted by Gasteiger charge is -2.12. The van der Waals surface area contributed by atoms with Gasteiger partial charge in [-0.15, -0.1) is 0 Å². The van der Waals surface area contributed by atoms with Crippen LogP contribution in [0.25, 0.3) is 0 Å². The maximum Gasteiger partial charge on any atom is 0.203 e. The van der Waals surface area contributed by atoms with Crippen molar-refractivity contribution >= 4 is 5.95 Å². The minimum absolute atomic E-state index is 0.611. The van der Waals surface area contributed by atoms with Crippen molar-refractivity contribution in [2.24, 2.45) is 5.92 Å². The van der Waals surface area contributed by atoms with E-state index in [1.165, 1.54) is 11.1 Å². The normalized spacial score (nSPS) is 10.9. The zero-order chi connectivity index (χ0) is 13.0. The van der Waals surface area contributed by atoms with Crippen molar-refractivity contribution in [3.63, 3.8) is 0 Å². The van der Waals surface area contributed by atoms with Crippen LogP contribution >= 0.6 is 0 Å². The van der Waals surface area contributed by atoms with Gasteiger partial charge in [0, 0.05) is 37.9 Å². The molecule has 0 bridgehead atoms. The van der Waals surface area contributed by atoms with E-state index in [0.717, 1.165) is 19.0 Å². The predicted molar refractivity (Wildman–Crippen MR) is 73.4 cm³/mol. The van der Waals surface area contributed by atoms with Crippen LogP contribution in [0.3, 0.4) is 0 Å². The van der Waals surface area contributed by atoms with E-state index in [9.17, 15) is 0 Å². The molecule has 2 aromatic rings. The number of nitrogens with one attached hydrogen (secondary N) is 1. The van der Waals surface area contributed by atoms with Crippen molar-refractivity contribution in [3.8, 4) is 0 Å². The molecule has 0 aromatic carbocycles. The van der Waals surface area contributed by atoms with E-state index in [4.69, 9.17) is 0 Å². The Morgan fingerprint density at radius 1 is 1.33 bits per heavy atom. The second kappa shape index (κ2) is 5.67. The van der Waals surface area contributed by atoms with Gasteiger partial charge in [-0.2, -0.15) is 0 Å². The molecule has 0 atom stereocenters. The summed E-state index contributed by atoms with van der Waals surface area (Å²) in [4.78, 5) is 8.49. The predicted octanol–water partition coefficient (Wildman–Crippen LogP) is 2.85. The molecule has 0 fully saturated rings. The summed E-state index contributed by atoms with van der Waals surface area (Å²) in [5.41, 5.74) is 2.45. The first-order valence-corrected chi connectivity index (χ1v) is 6.31. The summed E-state index contributed by atoms with van der Waals surface area (Å²) in [6, 6.07) is 2.03. The van der Waals surface area contributed by atoms with E-state index in [1.807, 2.05) is 30.9 Å². The molecule has 4 heteroatoms. The number of anilines is 1. The molecule has 2 aromatic heterocycles. The number of imidazole rings is 1. The van der Waals surface area contributed by atoms with Crippen LogP contribution in [0.5, 0.6) is 0 Å². The van der Waals surface area contributed by atoms with E-state index in [-0.39, 0.29) is 0 Å². The molecule has 18 heavy (non-hydrogen) atoms. The third kappa shape index (κ3) is 3.09. The number of nitrogens with zero attached hydrogens (tertiary/aromatic N) is 3. The summed E-state index contributed by atoms with van der Waals surface area (Å²) in [6.07, 6.45) is 7.57. The number of hydrogen-bond acceptors (Lipinski definition) is 3. The van der Waals surface area contributed by atoms with Gasteiger partial charge in [-0.25, -0.2) is 4.98 Å².